The number of aliphatic imine (C=N–C) groups is 1. The first-order valence-corrected chi connectivity index (χ1v) is 4.05. The molecule has 0 aliphatic heterocycles. The van der Waals surface area contributed by atoms with Gasteiger partial charge in [-0.05, 0) is 25.3 Å². The van der Waals surface area contributed by atoms with Gasteiger partial charge in [-0.1, -0.05) is 26.3 Å². The fourth-order valence-electron chi connectivity index (χ4n) is 0.528. The fraction of sp³-hybridized carbons (Fsp3) is 0.700. The number of rotatable bonds is 2. The molecule has 0 aromatic heterocycles. The van der Waals surface area contributed by atoms with Gasteiger partial charge in [0.25, 0.3) is 0 Å². The maximum Gasteiger partial charge on any atom is 0.0437 e. The molecule has 1 heteroatoms. The van der Waals surface area contributed by atoms with Gasteiger partial charge in [-0.15, -0.1) is 0 Å². The lowest BCUT2D eigenvalue weighted by Crippen LogP contribution is -2.08. The summed E-state index contributed by atoms with van der Waals surface area (Å²) in [6.45, 7) is 11.6. The third kappa shape index (κ3) is 9.41. The van der Waals surface area contributed by atoms with Crippen LogP contribution in [0, 0.1) is 5.41 Å². The van der Waals surface area contributed by atoms with Gasteiger partial charge in [0.05, 0.1) is 0 Å². The first-order valence-electron chi connectivity index (χ1n) is 4.05. The van der Waals surface area contributed by atoms with Crippen LogP contribution >= 0.6 is 0 Å². The summed E-state index contributed by atoms with van der Waals surface area (Å²) in [6, 6.07) is 0. The lowest BCUT2D eigenvalue weighted by atomic mass is 9.97. The minimum Gasteiger partial charge on any atom is -0.293 e. The van der Waals surface area contributed by atoms with Crippen molar-refractivity contribution >= 4 is 6.21 Å². The van der Waals surface area contributed by atoms with Gasteiger partial charge >= 0.3 is 0 Å². The minimum atomic E-state index is 0.311. The molecule has 0 saturated heterocycles. The highest BCUT2D eigenvalue weighted by molar-refractivity contribution is 5.71. The van der Waals surface area contributed by atoms with Crippen LogP contribution in [-0.2, 0) is 0 Å². The van der Waals surface area contributed by atoms with Crippen molar-refractivity contribution < 1.29 is 0 Å². The normalized spacial score (nSPS) is 12.1. The van der Waals surface area contributed by atoms with Crippen molar-refractivity contribution in [2.45, 2.75) is 34.6 Å². The monoisotopic (exact) mass is 153 g/mol. The molecule has 64 valence electrons. The number of hydrogen-bond donors (Lipinski definition) is 0. The molecule has 0 bridgehead atoms. The molecule has 0 fully saturated rings. The Balaban J connectivity index is 3.71. The van der Waals surface area contributed by atoms with Gasteiger partial charge in [-0.3, -0.25) is 4.99 Å². The zero-order valence-corrected chi connectivity index (χ0v) is 8.31. The molecule has 0 heterocycles. The molecule has 0 rings (SSSR count). The first kappa shape index (κ1) is 10.4. The van der Waals surface area contributed by atoms with Crippen LogP contribution in [0.4, 0.5) is 0 Å². The van der Waals surface area contributed by atoms with Gasteiger partial charge in [-0.2, -0.15) is 0 Å². The Bertz CT molecular complexity index is 154. The molecule has 11 heavy (non-hydrogen) atoms. The average Bonchev–Trinajstić information content (AvgIpc) is 1.78. The van der Waals surface area contributed by atoms with E-state index in [1.165, 1.54) is 5.57 Å². The van der Waals surface area contributed by atoms with Crippen LogP contribution in [0.1, 0.15) is 34.6 Å². The van der Waals surface area contributed by atoms with Crippen molar-refractivity contribution in [1.29, 1.82) is 0 Å². The van der Waals surface area contributed by atoms with Crippen LogP contribution in [0.15, 0.2) is 16.6 Å². The summed E-state index contributed by atoms with van der Waals surface area (Å²) in [7, 11) is 0. The summed E-state index contributed by atoms with van der Waals surface area (Å²) < 4.78 is 0. The second-order valence-electron chi connectivity index (χ2n) is 4.29. The Kier molecular flexibility index (Phi) is 4.09. The van der Waals surface area contributed by atoms with E-state index >= 15 is 0 Å². The Morgan fingerprint density at radius 1 is 1.27 bits per heavy atom. The summed E-state index contributed by atoms with van der Waals surface area (Å²) in [5.74, 6) is 0. The summed E-state index contributed by atoms with van der Waals surface area (Å²) in [4.78, 5) is 4.28. The maximum atomic E-state index is 4.28. The van der Waals surface area contributed by atoms with Crippen LogP contribution in [0.5, 0.6) is 0 Å². The predicted octanol–water partition coefficient (Wildman–Crippen LogP) is 3.07. The van der Waals surface area contributed by atoms with Gasteiger partial charge in [-0.25, -0.2) is 0 Å². The van der Waals surface area contributed by atoms with Crippen molar-refractivity contribution in [3.63, 3.8) is 0 Å². The minimum absolute atomic E-state index is 0.311. The lowest BCUT2D eigenvalue weighted by molar-refractivity contribution is 0.430. The standard InChI is InChI=1S/C10H19N/c1-9(2)6-7-11-8-10(3,4)5/h6-7H,8H2,1-5H3/b11-7-. The molecule has 0 aromatic rings. The van der Waals surface area contributed by atoms with E-state index in [2.05, 4.69) is 39.6 Å². The molecule has 0 amide bonds. The smallest absolute Gasteiger partial charge is 0.0437 e. The fourth-order valence-corrected chi connectivity index (χ4v) is 0.528. The zero-order chi connectivity index (χ0) is 8.91. The molecular formula is C10H19N. The van der Waals surface area contributed by atoms with Crippen molar-refractivity contribution in [1.82, 2.24) is 0 Å². The molecule has 0 aliphatic carbocycles. The number of allylic oxidation sites excluding steroid dienone is 2. The van der Waals surface area contributed by atoms with Crippen LogP contribution in [0.2, 0.25) is 0 Å². The predicted molar refractivity (Wildman–Crippen MR) is 52.2 cm³/mol. The van der Waals surface area contributed by atoms with Crippen molar-refractivity contribution in [2.75, 3.05) is 6.54 Å². The molecule has 0 unspecified atom stereocenters. The summed E-state index contributed by atoms with van der Waals surface area (Å²) in [5.41, 5.74) is 1.61. The Hall–Kier alpha value is -0.590. The molecular weight excluding hydrogens is 134 g/mol. The van der Waals surface area contributed by atoms with Crippen LogP contribution < -0.4 is 0 Å². The Morgan fingerprint density at radius 2 is 1.82 bits per heavy atom. The zero-order valence-electron chi connectivity index (χ0n) is 8.31. The van der Waals surface area contributed by atoms with E-state index in [0.29, 0.717) is 5.41 Å². The summed E-state index contributed by atoms with van der Waals surface area (Å²) in [6.07, 6.45) is 3.92. The summed E-state index contributed by atoms with van der Waals surface area (Å²) >= 11 is 0. The quantitative estimate of drug-likeness (QED) is 0.541. The third-order valence-electron chi connectivity index (χ3n) is 1.08. The van der Waals surface area contributed by atoms with E-state index in [9.17, 15) is 0 Å². The second-order valence-corrected chi connectivity index (χ2v) is 4.29. The summed E-state index contributed by atoms with van der Waals surface area (Å²) in [5, 5.41) is 0. The van der Waals surface area contributed by atoms with Gasteiger partial charge < -0.3 is 0 Å². The number of hydrogen-bond acceptors (Lipinski definition) is 1. The molecule has 0 saturated carbocycles. The van der Waals surface area contributed by atoms with Crippen molar-refractivity contribution in [2.24, 2.45) is 10.4 Å². The molecule has 0 atom stereocenters. The topological polar surface area (TPSA) is 12.4 Å². The van der Waals surface area contributed by atoms with Gasteiger partial charge in [0.15, 0.2) is 0 Å². The molecule has 1 nitrogen and oxygen atoms in total. The van der Waals surface area contributed by atoms with E-state index < -0.39 is 0 Å². The van der Waals surface area contributed by atoms with E-state index in [4.69, 9.17) is 0 Å². The highest BCUT2D eigenvalue weighted by atomic mass is 14.7. The first-order chi connectivity index (χ1) is 4.92. The van der Waals surface area contributed by atoms with Crippen molar-refractivity contribution in [3.8, 4) is 0 Å². The van der Waals surface area contributed by atoms with Gasteiger partial charge in [0.1, 0.15) is 0 Å². The average molecular weight is 153 g/mol. The molecule has 0 aromatic carbocycles. The highest BCUT2D eigenvalue weighted by Crippen LogP contribution is 2.12. The van der Waals surface area contributed by atoms with Gasteiger partial charge in [0.2, 0.25) is 0 Å². The van der Waals surface area contributed by atoms with Crippen molar-refractivity contribution in [3.05, 3.63) is 11.6 Å². The molecule has 0 N–H and O–H groups in total. The van der Waals surface area contributed by atoms with E-state index in [1.54, 1.807) is 0 Å². The third-order valence-corrected chi connectivity index (χ3v) is 1.08. The van der Waals surface area contributed by atoms with Crippen LogP contribution in [-0.4, -0.2) is 12.8 Å². The molecule has 0 aliphatic rings. The number of nitrogens with zero attached hydrogens (tertiary/aromatic N) is 1. The largest absolute Gasteiger partial charge is 0.293 e. The van der Waals surface area contributed by atoms with E-state index in [-0.39, 0.29) is 0 Å². The maximum absolute atomic E-state index is 4.28. The van der Waals surface area contributed by atoms with Crippen LogP contribution in [0.3, 0.4) is 0 Å². The molecule has 0 spiro atoms. The Labute approximate surface area is 70.2 Å². The SMILES string of the molecule is CC(C)=C/C=N\CC(C)(C)C. The van der Waals surface area contributed by atoms with E-state index in [1.807, 2.05) is 12.3 Å². The Morgan fingerprint density at radius 3 is 2.18 bits per heavy atom. The van der Waals surface area contributed by atoms with Crippen LogP contribution in [0.25, 0.3) is 0 Å². The highest BCUT2D eigenvalue weighted by Gasteiger charge is 2.06. The van der Waals surface area contributed by atoms with E-state index in [0.717, 1.165) is 6.54 Å². The molecule has 0 radical (unpaired) electrons. The second kappa shape index (κ2) is 4.32. The lowest BCUT2D eigenvalue weighted by Gasteiger charge is -2.13. The van der Waals surface area contributed by atoms with Gasteiger partial charge in [0, 0.05) is 12.8 Å².